The van der Waals surface area contributed by atoms with E-state index in [1.807, 2.05) is 25.1 Å². The molecule has 0 spiro atoms. The van der Waals surface area contributed by atoms with Gasteiger partial charge in [0.1, 0.15) is 6.33 Å². The van der Waals surface area contributed by atoms with Gasteiger partial charge in [0.05, 0.1) is 5.69 Å². The molecule has 1 aromatic carbocycles. The van der Waals surface area contributed by atoms with Crippen molar-refractivity contribution in [1.29, 1.82) is 0 Å². The Morgan fingerprint density at radius 3 is 2.85 bits per heavy atom. The van der Waals surface area contributed by atoms with Crippen LogP contribution in [-0.2, 0) is 4.79 Å². The van der Waals surface area contributed by atoms with Crippen molar-refractivity contribution >= 4 is 24.0 Å². The number of amides is 1. The Labute approximate surface area is 123 Å². The van der Waals surface area contributed by atoms with Gasteiger partial charge in [-0.1, -0.05) is 6.07 Å². The number of nitrogens with two attached hydrogens (primary N) is 1. The molecule has 1 atom stereocenters. The predicted octanol–water partition coefficient (Wildman–Crippen LogP) is 1.07. The van der Waals surface area contributed by atoms with E-state index in [1.165, 1.54) is 6.33 Å². The summed E-state index contributed by atoms with van der Waals surface area (Å²) < 4.78 is 1.55. The van der Waals surface area contributed by atoms with E-state index in [0.29, 0.717) is 5.69 Å². The summed E-state index contributed by atoms with van der Waals surface area (Å²) in [6.07, 6.45) is 1.80. The number of carbonyl (C=O) groups excluding carboxylic acids is 1. The molecule has 0 aliphatic rings. The number of anilines is 1. The summed E-state index contributed by atoms with van der Waals surface area (Å²) in [5, 5.41) is 13.8. The Morgan fingerprint density at radius 1 is 1.50 bits per heavy atom. The minimum absolute atomic E-state index is 0. The number of halogens is 1. The molecule has 1 aromatic heterocycles. The molecule has 1 amide bonds. The van der Waals surface area contributed by atoms with Gasteiger partial charge >= 0.3 is 0 Å². The van der Waals surface area contributed by atoms with Gasteiger partial charge in [-0.25, -0.2) is 4.68 Å². The van der Waals surface area contributed by atoms with Gasteiger partial charge in [0.25, 0.3) is 0 Å². The molecule has 0 radical (unpaired) electrons. The normalized spacial score (nSPS) is 11.6. The highest BCUT2D eigenvalue weighted by Gasteiger charge is 2.08. The smallest absolute Gasteiger partial charge is 0.225 e. The molecule has 1 heterocycles. The average molecular weight is 297 g/mol. The first kappa shape index (κ1) is 16.1. The molecule has 1 unspecified atom stereocenters. The number of nitrogens with zero attached hydrogens (tertiary/aromatic N) is 4. The summed E-state index contributed by atoms with van der Waals surface area (Å²) in [5.74, 6) is -0.110. The fourth-order valence-electron chi connectivity index (χ4n) is 1.71. The molecule has 0 bridgehead atoms. The second kappa shape index (κ2) is 6.97. The molecule has 8 heteroatoms. The van der Waals surface area contributed by atoms with Gasteiger partial charge in [-0.2, -0.15) is 0 Å². The van der Waals surface area contributed by atoms with Gasteiger partial charge in [-0.05, 0) is 42.0 Å². The second-order valence-electron chi connectivity index (χ2n) is 4.49. The van der Waals surface area contributed by atoms with Crippen LogP contribution in [0.2, 0.25) is 0 Å². The quantitative estimate of drug-likeness (QED) is 0.879. The van der Waals surface area contributed by atoms with Gasteiger partial charge in [-0.3, -0.25) is 4.79 Å². The monoisotopic (exact) mass is 296 g/mol. The molecule has 0 fully saturated rings. The molecule has 0 aliphatic heterocycles. The number of carbonyl (C=O) groups is 1. The van der Waals surface area contributed by atoms with E-state index in [0.717, 1.165) is 11.3 Å². The number of tetrazole rings is 1. The third-order valence-electron chi connectivity index (χ3n) is 2.60. The SMILES string of the molecule is Cc1ccc(NC(=O)CC(C)N)cc1-n1cnnn1.Cl. The standard InChI is InChI=1S/C12H16N6O.ClH/c1-8-3-4-10(15-12(19)5-9(2)13)6-11(8)18-7-14-16-17-18;/h3-4,6-7,9H,5,13H2,1-2H3,(H,15,19);1H. The van der Waals surface area contributed by atoms with Crippen molar-refractivity contribution in [1.82, 2.24) is 20.2 Å². The number of aromatic nitrogens is 4. The number of nitrogens with one attached hydrogen (secondary N) is 1. The van der Waals surface area contributed by atoms with Gasteiger partial charge < -0.3 is 11.1 Å². The summed E-state index contributed by atoms with van der Waals surface area (Å²) in [6.45, 7) is 3.74. The highest BCUT2D eigenvalue weighted by Crippen LogP contribution is 2.18. The van der Waals surface area contributed by atoms with Crippen LogP contribution in [-0.4, -0.2) is 32.2 Å². The van der Waals surface area contributed by atoms with E-state index in [1.54, 1.807) is 11.6 Å². The Morgan fingerprint density at radius 2 is 2.25 bits per heavy atom. The molecule has 2 aromatic rings. The Hall–Kier alpha value is -1.99. The lowest BCUT2D eigenvalue weighted by molar-refractivity contribution is -0.116. The zero-order valence-electron chi connectivity index (χ0n) is 11.3. The van der Waals surface area contributed by atoms with Crippen LogP contribution in [0, 0.1) is 6.92 Å². The molecule has 7 nitrogen and oxygen atoms in total. The topological polar surface area (TPSA) is 98.7 Å². The molecule has 20 heavy (non-hydrogen) atoms. The maximum absolute atomic E-state index is 11.7. The van der Waals surface area contributed by atoms with Crippen LogP contribution in [0.3, 0.4) is 0 Å². The minimum Gasteiger partial charge on any atom is -0.327 e. The van der Waals surface area contributed by atoms with Crippen molar-refractivity contribution in [2.75, 3.05) is 5.32 Å². The lowest BCUT2D eigenvalue weighted by atomic mass is 10.1. The van der Waals surface area contributed by atoms with Crippen molar-refractivity contribution in [2.45, 2.75) is 26.3 Å². The van der Waals surface area contributed by atoms with E-state index in [4.69, 9.17) is 5.73 Å². The lowest BCUT2D eigenvalue weighted by Gasteiger charge is -2.10. The van der Waals surface area contributed by atoms with Crippen LogP contribution < -0.4 is 11.1 Å². The Balaban J connectivity index is 0.00000200. The van der Waals surface area contributed by atoms with Crippen LogP contribution in [0.4, 0.5) is 5.69 Å². The zero-order valence-corrected chi connectivity index (χ0v) is 12.1. The first-order valence-corrected chi connectivity index (χ1v) is 5.95. The first-order valence-electron chi connectivity index (χ1n) is 5.95. The number of hydrogen-bond acceptors (Lipinski definition) is 5. The van der Waals surface area contributed by atoms with Crippen molar-refractivity contribution in [3.8, 4) is 5.69 Å². The van der Waals surface area contributed by atoms with E-state index < -0.39 is 0 Å². The van der Waals surface area contributed by atoms with E-state index in [-0.39, 0.29) is 30.8 Å². The van der Waals surface area contributed by atoms with E-state index in [2.05, 4.69) is 20.8 Å². The number of aryl methyl sites for hydroxylation is 1. The number of benzene rings is 1. The summed E-state index contributed by atoms with van der Waals surface area (Å²) in [6, 6.07) is 5.40. The minimum atomic E-state index is -0.163. The Bertz CT molecular complexity index is 569. The van der Waals surface area contributed by atoms with Crippen LogP contribution in [0.25, 0.3) is 5.69 Å². The molecule has 0 saturated heterocycles. The molecule has 108 valence electrons. The third kappa shape index (κ3) is 4.01. The molecular weight excluding hydrogens is 280 g/mol. The number of rotatable bonds is 4. The zero-order chi connectivity index (χ0) is 13.8. The van der Waals surface area contributed by atoms with Crippen LogP contribution in [0.5, 0.6) is 0 Å². The van der Waals surface area contributed by atoms with Crippen LogP contribution in [0.1, 0.15) is 18.9 Å². The highest BCUT2D eigenvalue weighted by molar-refractivity contribution is 5.91. The molecule has 0 aliphatic carbocycles. The summed E-state index contributed by atoms with van der Waals surface area (Å²) in [4.78, 5) is 11.7. The van der Waals surface area contributed by atoms with Crippen LogP contribution in [0.15, 0.2) is 24.5 Å². The van der Waals surface area contributed by atoms with Gasteiger partial charge in [0, 0.05) is 18.2 Å². The average Bonchev–Trinajstić information content (AvgIpc) is 2.84. The Kier molecular flexibility index (Phi) is 5.60. The van der Waals surface area contributed by atoms with Crippen molar-refractivity contribution in [3.63, 3.8) is 0 Å². The molecule has 3 N–H and O–H groups in total. The molecular formula is C12H17ClN6O. The second-order valence-corrected chi connectivity index (χ2v) is 4.49. The van der Waals surface area contributed by atoms with Crippen molar-refractivity contribution < 1.29 is 4.79 Å². The molecule has 2 rings (SSSR count). The highest BCUT2D eigenvalue weighted by atomic mass is 35.5. The fraction of sp³-hybridized carbons (Fsp3) is 0.333. The van der Waals surface area contributed by atoms with Crippen molar-refractivity contribution in [2.24, 2.45) is 5.73 Å². The summed E-state index contributed by atoms with van der Waals surface area (Å²) in [5.41, 5.74) is 8.12. The van der Waals surface area contributed by atoms with E-state index in [9.17, 15) is 4.79 Å². The maximum atomic E-state index is 11.7. The lowest BCUT2D eigenvalue weighted by Crippen LogP contribution is -2.24. The van der Waals surface area contributed by atoms with Gasteiger partial charge in [0.15, 0.2) is 0 Å². The fourth-order valence-corrected chi connectivity index (χ4v) is 1.71. The van der Waals surface area contributed by atoms with Gasteiger partial charge in [-0.15, -0.1) is 17.5 Å². The number of hydrogen-bond donors (Lipinski definition) is 2. The summed E-state index contributed by atoms with van der Waals surface area (Å²) >= 11 is 0. The predicted molar refractivity (Wildman–Crippen MR) is 78.0 cm³/mol. The van der Waals surface area contributed by atoms with Crippen LogP contribution >= 0.6 is 12.4 Å². The van der Waals surface area contributed by atoms with Crippen molar-refractivity contribution in [3.05, 3.63) is 30.1 Å². The van der Waals surface area contributed by atoms with Gasteiger partial charge in [0.2, 0.25) is 5.91 Å². The molecule has 0 saturated carbocycles. The maximum Gasteiger partial charge on any atom is 0.225 e. The largest absolute Gasteiger partial charge is 0.327 e. The third-order valence-corrected chi connectivity index (χ3v) is 2.60. The summed E-state index contributed by atoms with van der Waals surface area (Å²) in [7, 11) is 0. The first-order chi connectivity index (χ1) is 9.06. The van der Waals surface area contributed by atoms with E-state index >= 15 is 0 Å².